The summed E-state index contributed by atoms with van der Waals surface area (Å²) in [4.78, 5) is 26.9. The zero-order valence-corrected chi connectivity index (χ0v) is 13.3. The van der Waals surface area contributed by atoms with Gasteiger partial charge in [-0.2, -0.15) is 0 Å². The second kappa shape index (κ2) is 8.15. The summed E-state index contributed by atoms with van der Waals surface area (Å²) in [7, 11) is 0. The molecule has 0 atom stereocenters. The topological polar surface area (TPSA) is 60.9 Å². The summed E-state index contributed by atoms with van der Waals surface area (Å²) in [6.45, 7) is 3.76. The van der Waals surface area contributed by atoms with E-state index in [0.29, 0.717) is 31.0 Å². The maximum absolute atomic E-state index is 12.3. The van der Waals surface area contributed by atoms with Gasteiger partial charge in [0.2, 0.25) is 5.91 Å². The van der Waals surface area contributed by atoms with E-state index in [4.69, 9.17) is 16.7 Å². The van der Waals surface area contributed by atoms with E-state index in [1.807, 2.05) is 23.1 Å². The van der Waals surface area contributed by atoms with Crippen molar-refractivity contribution in [3.05, 3.63) is 34.9 Å². The van der Waals surface area contributed by atoms with Crippen molar-refractivity contribution >= 4 is 23.5 Å². The van der Waals surface area contributed by atoms with Crippen LogP contribution in [0.2, 0.25) is 5.02 Å². The first-order valence-electron chi connectivity index (χ1n) is 7.51. The molecule has 0 aromatic heterocycles. The Bertz CT molecular complexity index is 528. The number of carboxylic acids is 1. The van der Waals surface area contributed by atoms with Crippen molar-refractivity contribution in [2.45, 2.75) is 19.3 Å². The van der Waals surface area contributed by atoms with Gasteiger partial charge in [-0.25, -0.2) is 0 Å². The van der Waals surface area contributed by atoms with Gasteiger partial charge in [-0.1, -0.05) is 29.8 Å². The summed E-state index contributed by atoms with van der Waals surface area (Å²) >= 11 is 6.09. The predicted molar refractivity (Wildman–Crippen MR) is 85.0 cm³/mol. The van der Waals surface area contributed by atoms with E-state index in [-0.39, 0.29) is 12.3 Å². The maximum atomic E-state index is 12.3. The Labute approximate surface area is 135 Å². The van der Waals surface area contributed by atoms with Crippen molar-refractivity contribution < 1.29 is 14.7 Å². The molecular formula is C16H21ClN2O3. The maximum Gasteiger partial charge on any atom is 0.303 e. The summed E-state index contributed by atoms with van der Waals surface area (Å²) in [6, 6.07) is 7.41. The van der Waals surface area contributed by atoms with E-state index in [2.05, 4.69) is 4.90 Å². The number of carbonyl (C=O) groups is 2. The highest BCUT2D eigenvalue weighted by Gasteiger charge is 2.21. The van der Waals surface area contributed by atoms with E-state index >= 15 is 0 Å². The third kappa shape index (κ3) is 5.00. The minimum atomic E-state index is -0.756. The lowest BCUT2D eigenvalue weighted by atomic mass is 10.1. The monoisotopic (exact) mass is 324 g/mol. The molecule has 0 radical (unpaired) electrons. The molecule has 0 aliphatic carbocycles. The Balaban J connectivity index is 1.75. The lowest BCUT2D eigenvalue weighted by molar-refractivity contribution is -0.137. The third-order valence-electron chi connectivity index (χ3n) is 3.89. The van der Waals surface area contributed by atoms with Crippen LogP contribution in [0.5, 0.6) is 0 Å². The van der Waals surface area contributed by atoms with Gasteiger partial charge in [-0.15, -0.1) is 0 Å². The zero-order valence-electron chi connectivity index (χ0n) is 12.5. The summed E-state index contributed by atoms with van der Waals surface area (Å²) in [5.41, 5.74) is 0.859. The lowest BCUT2D eigenvalue weighted by Gasteiger charge is -2.34. The summed E-state index contributed by atoms with van der Waals surface area (Å²) < 4.78 is 0. The van der Waals surface area contributed by atoms with Gasteiger partial charge in [0.25, 0.3) is 0 Å². The number of amides is 1. The number of aliphatic carboxylic acids is 1. The minimum absolute atomic E-state index is 0.0956. The van der Waals surface area contributed by atoms with Crippen LogP contribution in [0.3, 0.4) is 0 Å². The Morgan fingerprint density at radius 2 is 1.82 bits per heavy atom. The number of hydrogen-bond donors (Lipinski definition) is 1. The Hall–Kier alpha value is -1.59. The van der Waals surface area contributed by atoms with E-state index < -0.39 is 5.97 Å². The van der Waals surface area contributed by atoms with Crippen LogP contribution in [0.25, 0.3) is 0 Å². The highest BCUT2D eigenvalue weighted by atomic mass is 35.5. The summed E-state index contributed by atoms with van der Waals surface area (Å²) in [5, 5.41) is 9.27. The number of carbonyl (C=O) groups excluding carboxylic acids is 1. The predicted octanol–water partition coefficient (Wildman–Crippen LogP) is 1.89. The fourth-order valence-electron chi connectivity index (χ4n) is 2.59. The molecule has 1 fully saturated rings. The van der Waals surface area contributed by atoms with E-state index in [0.717, 1.165) is 25.2 Å². The molecule has 0 saturated carbocycles. The molecule has 0 unspecified atom stereocenters. The highest BCUT2D eigenvalue weighted by Crippen LogP contribution is 2.16. The van der Waals surface area contributed by atoms with E-state index in [1.165, 1.54) is 0 Å². The third-order valence-corrected chi connectivity index (χ3v) is 4.26. The van der Waals surface area contributed by atoms with Crippen LogP contribution >= 0.6 is 11.6 Å². The van der Waals surface area contributed by atoms with Crippen LogP contribution in [0.1, 0.15) is 18.4 Å². The van der Waals surface area contributed by atoms with Crippen LogP contribution in [-0.4, -0.2) is 59.5 Å². The molecular weight excluding hydrogens is 304 g/mol. The van der Waals surface area contributed by atoms with Crippen molar-refractivity contribution in [3.8, 4) is 0 Å². The largest absolute Gasteiger partial charge is 0.481 e. The Kier molecular flexibility index (Phi) is 6.21. The fourth-order valence-corrected chi connectivity index (χ4v) is 2.79. The first kappa shape index (κ1) is 16.8. The Morgan fingerprint density at radius 3 is 2.45 bits per heavy atom. The zero-order chi connectivity index (χ0) is 15.9. The average Bonchev–Trinajstić information content (AvgIpc) is 2.50. The van der Waals surface area contributed by atoms with Gasteiger partial charge in [-0.3, -0.25) is 14.5 Å². The summed E-state index contributed by atoms with van der Waals surface area (Å²) in [6.07, 6.45) is 1.19. The van der Waals surface area contributed by atoms with E-state index in [1.54, 1.807) is 6.07 Å². The van der Waals surface area contributed by atoms with E-state index in [9.17, 15) is 9.59 Å². The second-order valence-corrected chi connectivity index (χ2v) is 5.90. The van der Waals surface area contributed by atoms with Crippen LogP contribution in [0.4, 0.5) is 0 Å². The van der Waals surface area contributed by atoms with Crippen LogP contribution in [-0.2, 0) is 16.0 Å². The number of benzene rings is 1. The number of nitrogens with zero attached hydrogens (tertiary/aromatic N) is 2. The Morgan fingerprint density at radius 1 is 1.14 bits per heavy atom. The first-order chi connectivity index (χ1) is 10.6. The van der Waals surface area contributed by atoms with Crippen molar-refractivity contribution in [3.63, 3.8) is 0 Å². The average molecular weight is 325 g/mol. The SMILES string of the molecule is O=C(O)CCCN1CCN(C(=O)Cc2ccccc2Cl)CC1. The smallest absolute Gasteiger partial charge is 0.303 e. The van der Waals surface area contributed by atoms with Gasteiger partial charge in [0.15, 0.2) is 0 Å². The number of halogens is 1. The molecule has 5 nitrogen and oxygen atoms in total. The van der Waals surface area contributed by atoms with Gasteiger partial charge in [-0.05, 0) is 24.6 Å². The number of hydrogen-bond acceptors (Lipinski definition) is 3. The number of rotatable bonds is 6. The number of carboxylic acid groups (broad SMARTS) is 1. The molecule has 1 aromatic carbocycles. The molecule has 1 aliphatic rings. The van der Waals surface area contributed by atoms with Crippen molar-refractivity contribution in [2.24, 2.45) is 0 Å². The molecule has 22 heavy (non-hydrogen) atoms. The molecule has 1 heterocycles. The van der Waals surface area contributed by atoms with Gasteiger partial charge < -0.3 is 10.0 Å². The molecule has 120 valence electrons. The minimum Gasteiger partial charge on any atom is -0.481 e. The van der Waals surface area contributed by atoms with Gasteiger partial charge in [0.1, 0.15) is 0 Å². The first-order valence-corrected chi connectivity index (χ1v) is 7.89. The van der Waals surface area contributed by atoms with Crippen molar-refractivity contribution in [2.75, 3.05) is 32.7 Å². The molecule has 1 aromatic rings. The normalized spacial score (nSPS) is 15.8. The van der Waals surface area contributed by atoms with Gasteiger partial charge >= 0.3 is 5.97 Å². The molecule has 2 rings (SSSR count). The molecule has 0 bridgehead atoms. The van der Waals surface area contributed by atoms with Crippen LogP contribution in [0.15, 0.2) is 24.3 Å². The van der Waals surface area contributed by atoms with Crippen molar-refractivity contribution in [1.29, 1.82) is 0 Å². The summed E-state index contributed by atoms with van der Waals surface area (Å²) in [5.74, 6) is -0.660. The molecule has 1 saturated heterocycles. The highest BCUT2D eigenvalue weighted by molar-refractivity contribution is 6.31. The second-order valence-electron chi connectivity index (χ2n) is 5.49. The number of piperazine rings is 1. The molecule has 6 heteroatoms. The van der Waals surface area contributed by atoms with Gasteiger partial charge in [0.05, 0.1) is 6.42 Å². The molecule has 1 N–H and O–H groups in total. The lowest BCUT2D eigenvalue weighted by Crippen LogP contribution is -2.49. The van der Waals surface area contributed by atoms with Gasteiger partial charge in [0, 0.05) is 37.6 Å². The molecule has 1 amide bonds. The van der Waals surface area contributed by atoms with Crippen LogP contribution < -0.4 is 0 Å². The fraction of sp³-hybridized carbons (Fsp3) is 0.500. The van der Waals surface area contributed by atoms with Crippen molar-refractivity contribution in [1.82, 2.24) is 9.80 Å². The quantitative estimate of drug-likeness (QED) is 0.868. The standard InChI is InChI=1S/C16H21ClN2O3/c17-14-5-2-1-4-13(14)12-15(20)19-10-8-18(9-11-19)7-3-6-16(21)22/h1-2,4-5H,3,6-12H2,(H,21,22). The molecule has 1 aliphatic heterocycles. The van der Waals surface area contributed by atoms with Crippen LogP contribution in [0, 0.1) is 0 Å². The molecule has 0 spiro atoms.